The van der Waals surface area contributed by atoms with E-state index in [0.29, 0.717) is 24.2 Å². The van der Waals surface area contributed by atoms with Crippen molar-refractivity contribution in [2.75, 3.05) is 50.6 Å². The molecule has 2 aliphatic heterocycles. The third-order valence-electron chi connectivity index (χ3n) is 8.30. The quantitative estimate of drug-likeness (QED) is 0.311. The Balaban J connectivity index is 1.34. The van der Waals surface area contributed by atoms with Crippen LogP contribution in [0.25, 0.3) is 22.4 Å². The molecule has 1 atom stereocenters. The van der Waals surface area contributed by atoms with E-state index in [-0.39, 0.29) is 22.6 Å². The number of rotatable bonds is 7. The van der Waals surface area contributed by atoms with E-state index in [2.05, 4.69) is 44.1 Å². The first kappa shape index (κ1) is 28.6. The summed E-state index contributed by atoms with van der Waals surface area (Å²) in [5.74, 6) is 0.689. The molecule has 0 amide bonds. The molecule has 0 aliphatic carbocycles. The van der Waals surface area contributed by atoms with Crippen molar-refractivity contribution in [1.82, 2.24) is 24.6 Å². The lowest BCUT2D eigenvalue weighted by atomic mass is 10.0. The van der Waals surface area contributed by atoms with Crippen LogP contribution in [0.1, 0.15) is 37.3 Å². The van der Waals surface area contributed by atoms with Crippen LogP contribution < -0.4 is 15.0 Å². The zero-order valence-corrected chi connectivity index (χ0v) is 24.4. The number of nitrogens with zero attached hydrogens (tertiary/aromatic N) is 7. The molecule has 5 heterocycles. The van der Waals surface area contributed by atoms with Crippen LogP contribution in [-0.4, -0.2) is 76.2 Å². The summed E-state index contributed by atoms with van der Waals surface area (Å²) in [6.45, 7) is 3.43. The number of ether oxygens (including phenoxy) is 1. The van der Waals surface area contributed by atoms with Crippen molar-refractivity contribution in [3.05, 3.63) is 66.4 Å². The van der Waals surface area contributed by atoms with E-state index in [1.165, 1.54) is 13.2 Å². The number of β-amino-alcohol motifs (C(OH)–C–C–N with tert-alkyl or cyclic N) is 1. The standard InChI is InChI=1S/C32H35FN8O2/c1-39-13-10-23(11-14-39)41-19-22(17-36-41)25-18-35-30(15-27(25)40-12-4-5-24(42)20-40)37-29-9-8-21(16-34)32(38-29)31-26(33)6-3-7-28(31)43-2/h3,6-9,15,17-19,23-24,42H,4-5,10-14,20H2,1-2H3,(H,35,37,38)/t24-/m0/s1. The van der Waals surface area contributed by atoms with Gasteiger partial charge in [0.15, 0.2) is 0 Å². The normalized spacial score (nSPS) is 17.9. The second kappa shape index (κ2) is 12.4. The molecule has 0 unspecified atom stereocenters. The molecule has 10 nitrogen and oxygen atoms in total. The fourth-order valence-corrected chi connectivity index (χ4v) is 5.95. The first-order chi connectivity index (χ1) is 20.9. The first-order valence-electron chi connectivity index (χ1n) is 14.6. The minimum atomic E-state index is -0.533. The summed E-state index contributed by atoms with van der Waals surface area (Å²) in [5.41, 5.74) is 3.37. The zero-order chi connectivity index (χ0) is 29.9. The highest BCUT2D eigenvalue weighted by Crippen LogP contribution is 2.37. The number of hydrogen-bond acceptors (Lipinski definition) is 9. The molecule has 1 aromatic carbocycles. The van der Waals surface area contributed by atoms with Crippen LogP contribution >= 0.6 is 0 Å². The Morgan fingerprint density at radius 2 is 1.93 bits per heavy atom. The number of methoxy groups -OCH3 is 1. The molecule has 43 heavy (non-hydrogen) atoms. The first-order valence-corrected chi connectivity index (χ1v) is 14.6. The Morgan fingerprint density at radius 3 is 2.70 bits per heavy atom. The van der Waals surface area contributed by atoms with Gasteiger partial charge in [0.05, 0.1) is 48.0 Å². The average molecular weight is 583 g/mol. The van der Waals surface area contributed by atoms with Gasteiger partial charge in [-0.15, -0.1) is 0 Å². The highest BCUT2D eigenvalue weighted by atomic mass is 19.1. The van der Waals surface area contributed by atoms with Gasteiger partial charge in [0.2, 0.25) is 0 Å². The molecule has 2 fully saturated rings. The number of benzene rings is 1. The summed E-state index contributed by atoms with van der Waals surface area (Å²) in [6, 6.07) is 12.2. The topological polar surface area (TPSA) is 115 Å². The molecule has 2 saturated heterocycles. The summed E-state index contributed by atoms with van der Waals surface area (Å²) < 4.78 is 22.4. The molecule has 3 aromatic heterocycles. The highest BCUT2D eigenvalue weighted by Gasteiger charge is 2.24. The van der Waals surface area contributed by atoms with Crippen molar-refractivity contribution in [2.24, 2.45) is 0 Å². The van der Waals surface area contributed by atoms with Crippen LogP contribution in [0, 0.1) is 17.1 Å². The molecule has 4 aromatic rings. The lowest BCUT2D eigenvalue weighted by molar-refractivity contribution is 0.154. The maximum Gasteiger partial charge on any atom is 0.136 e. The van der Waals surface area contributed by atoms with Crippen molar-refractivity contribution in [1.29, 1.82) is 5.26 Å². The summed E-state index contributed by atoms with van der Waals surface area (Å²) in [5, 5.41) is 28.2. The SMILES string of the molecule is COc1cccc(F)c1-c1nc(Nc2cc(N3CCC[C@H](O)C3)c(-c3cnn(C4CCN(C)CC4)c3)cn2)ccc1C#N. The number of nitriles is 1. The molecule has 0 radical (unpaired) electrons. The third kappa shape index (κ3) is 6.02. The van der Waals surface area contributed by atoms with Gasteiger partial charge in [0.25, 0.3) is 0 Å². The molecule has 2 N–H and O–H groups in total. The Labute approximate surface area is 250 Å². The maximum atomic E-state index is 14.9. The molecule has 11 heteroatoms. The molecule has 0 saturated carbocycles. The van der Waals surface area contributed by atoms with E-state index in [9.17, 15) is 14.8 Å². The molecule has 2 aliphatic rings. The van der Waals surface area contributed by atoms with Gasteiger partial charge in [0, 0.05) is 42.7 Å². The lowest BCUT2D eigenvalue weighted by Crippen LogP contribution is -2.38. The van der Waals surface area contributed by atoms with Crippen LogP contribution in [-0.2, 0) is 0 Å². The van der Waals surface area contributed by atoms with Gasteiger partial charge in [-0.2, -0.15) is 10.4 Å². The summed E-state index contributed by atoms with van der Waals surface area (Å²) >= 11 is 0. The largest absolute Gasteiger partial charge is 0.496 e. The number of nitrogens with one attached hydrogen (secondary N) is 1. The number of aromatic nitrogens is 4. The monoisotopic (exact) mass is 582 g/mol. The lowest BCUT2D eigenvalue weighted by Gasteiger charge is -2.33. The van der Waals surface area contributed by atoms with E-state index in [1.54, 1.807) is 24.3 Å². The van der Waals surface area contributed by atoms with Crippen LogP contribution in [0.5, 0.6) is 5.75 Å². The van der Waals surface area contributed by atoms with Crippen LogP contribution in [0.15, 0.2) is 55.0 Å². The predicted octanol–water partition coefficient (Wildman–Crippen LogP) is 5.00. The van der Waals surface area contributed by atoms with Crippen molar-refractivity contribution in [3.63, 3.8) is 0 Å². The fraction of sp³-hybridized carbons (Fsp3) is 0.375. The van der Waals surface area contributed by atoms with Crippen molar-refractivity contribution in [3.8, 4) is 34.2 Å². The van der Waals surface area contributed by atoms with E-state index in [4.69, 9.17) is 14.8 Å². The number of aliphatic hydroxyl groups is 1. The number of halogens is 1. The number of likely N-dealkylation sites (tertiary alicyclic amines) is 1. The third-order valence-corrected chi connectivity index (χ3v) is 8.30. The van der Waals surface area contributed by atoms with Gasteiger partial charge in [-0.05, 0) is 70.1 Å². The molecular formula is C32H35FN8O2. The van der Waals surface area contributed by atoms with Gasteiger partial charge in [-0.3, -0.25) is 4.68 Å². The fourth-order valence-electron chi connectivity index (χ4n) is 5.95. The minimum Gasteiger partial charge on any atom is -0.496 e. The summed E-state index contributed by atoms with van der Waals surface area (Å²) in [4.78, 5) is 13.8. The van der Waals surface area contributed by atoms with E-state index >= 15 is 0 Å². The Hall–Kier alpha value is -4.53. The smallest absolute Gasteiger partial charge is 0.136 e. The number of hydrogen-bond donors (Lipinski definition) is 2. The Bertz CT molecular complexity index is 1640. The van der Waals surface area contributed by atoms with Crippen LogP contribution in [0.4, 0.5) is 21.7 Å². The number of piperidine rings is 2. The summed E-state index contributed by atoms with van der Waals surface area (Å²) in [6.07, 6.45) is 9.16. The van der Waals surface area contributed by atoms with E-state index < -0.39 is 11.9 Å². The zero-order valence-electron chi connectivity index (χ0n) is 24.4. The van der Waals surface area contributed by atoms with Gasteiger partial charge < -0.3 is 25.0 Å². The average Bonchev–Trinajstić information content (AvgIpc) is 3.51. The van der Waals surface area contributed by atoms with E-state index in [1.807, 2.05) is 18.5 Å². The molecule has 222 valence electrons. The Morgan fingerprint density at radius 1 is 1.09 bits per heavy atom. The Kier molecular flexibility index (Phi) is 8.22. The molecular weight excluding hydrogens is 547 g/mol. The molecule has 0 bridgehead atoms. The van der Waals surface area contributed by atoms with E-state index in [0.717, 1.165) is 62.1 Å². The maximum absolute atomic E-state index is 14.9. The molecule has 6 rings (SSSR count). The van der Waals surface area contributed by atoms with Crippen molar-refractivity contribution in [2.45, 2.75) is 37.8 Å². The second-order valence-electron chi connectivity index (χ2n) is 11.2. The number of pyridine rings is 2. The number of aliphatic hydroxyl groups excluding tert-OH is 1. The summed E-state index contributed by atoms with van der Waals surface area (Å²) in [7, 11) is 3.60. The minimum absolute atomic E-state index is 0.123. The second-order valence-corrected chi connectivity index (χ2v) is 11.2. The van der Waals surface area contributed by atoms with Crippen LogP contribution in [0.3, 0.4) is 0 Å². The van der Waals surface area contributed by atoms with Gasteiger partial charge in [-0.25, -0.2) is 14.4 Å². The number of anilines is 3. The molecule has 0 spiro atoms. The van der Waals surface area contributed by atoms with Gasteiger partial charge in [0.1, 0.15) is 29.3 Å². The highest BCUT2D eigenvalue weighted by molar-refractivity contribution is 5.80. The van der Waals surface area contributed by atoms with Gasteiger partial charge in [-0.1, -0.05) is 6.07 Å². The van der Waals surface area contributed by atoms with Gasteiger partial charge >= 0.3 is 0 Å². The predicted molar refractivity (Wildman–Crippen MR) is 163 cm³/mol. The van der Waals surface area contributed by atoms with Crippen LogP contribution in [0.2, 0.25) is 0 Å². The van der Waals surface area contributed by atoms with Crippen molar-refractivity contribution >= 4 is 17.3 Å². The van der Waals surface area contributed by atoms with Crippen molar-refractivity contribution < 1.29 is 14.2 Å².